The first kappa shape index (κ1) is 12.6. The smallest absolute Gasteiger partial charge is 0.0672 e. The van der Waals surface area contributed by atoms with Crippen molar-refractivity contribution in [2.24, 2.45) is 11.3 Å². The van der Waals surface area contributed by atoms with Crippen molar-refractivity contribution in [3.63, 3.8) is 0 Å². The summed E-state index contributed by atoms with van der Waals surface area (Å²) in [5.74, 6) is 0.850. The van der Waals surface area contributed by atoms with Crippen LogP contribution in [-0.4, -0.2) is 26.3 Å². The van der Waals surface area contributed by atoms with E-state index in [-0.39, 0.29) is 0 Å². The van der Waals surface area contributed by atoms with Gasteiger partial charge >= 0.3 is 0 Å². The second kappa shape index (κ2) is 5.32. The summed E-state index contributed by atoms with van der Waals surface area (Å²) in [4.78, 5) is 0. The summed E-state index contributed by atoms with van der Waals surface area (Å²) in [5, 5.41) is 7.89. The molecule has 2 aliphatic rings. The molecule has 0 aromatic carbocycles. The van der Waals surface area contributed by atoms with Crippen molar-refractivity contribution in [1.29, 1.82) is 0 Å². The Morgan fingerprint density at radius 1 is 1.50 bits per heavy atom. The van der Waals surface area contributed by atoms with Crippen molar-refractivity contribution in [2.75, 3.05) is 20.2 Å². The monoisotopic (exact) mass is 265 g/mol. The summed E-state index contributed by atoms with van der Waals surface area (Å²) >= 11 is 1.81. The number of aryl methyl sites for hydroxylation is 1. The van der Waals surface area contributed by atoms with Gasteiger partial charge in [0.25, 0.3) is 0 Å². The second-order valence-corrected chi connectivity index (χ2v) is 6.68. The van der Waals surface area contributed by atoms with Crippen molar-refractivity contribution in [2.45, 2.75) is 38.2 Å². The van der Waals surface area contributed by atoms with Crippen LogP contribution in [0.4, 0.5) is 0 Å². The van der Waals surface area contributed by atoms with Crippen LogP contribution < -0.4 is 5.32 Å². The van der Waals surface area contributed by atoms with Gasteiger partial charge in [-0.15, -0.1) is 0 Å². The summed E-state index contributed by atoms with van der Waals surface area (Å²) in [7, 11) is 2.08. The molecule has 100 valence electrons. The molecule has 2 fully saturated rings. The third-order valence-electron chi connectivity index (χ3n) is 4.57. The van der Waals surface area contributed by atoms with Crippen LogP contribution in [-0.2, 0) is 11.2 Å². The van der Waals surface area contributed by atoms with Gasteiger partial charge < -0.3 is 10.1 Å². The summed E-state index contributed by atoms with van der Waals surface area (Å²) in [5.41, 5.74) is 1.88. The molecule has 18 heavy (non-hydrogen) atoms. The lowest BCUT2D eigenvalue weighted by atomic mass is 9.74. The van der Waals surface area contributed by atoms with E-state index in [1.54, 1.807) is 11.3 Å². The van der Waals surface area contributed by atoms with E-state index in [1.807, 2.05) is 0 Å². The molecule has 1 aromatic rings. The Morgan fingerprint density at radius 3 is 3.06 bits per heavy atom. The van der Waals surface area contributed by atoms with Crippen LogP contribution >= 0.6 is 11.3 Å². The Balaban J connectivity index is 1.69. The highest BCUT2D eigenvalue weighted by molar-refractivity contribution is 7.07. The Morgan fingerprint density at radius 2 is 2.39 bits per heavy atom. The molecule has 2 unspecified atom stereocenters. The third kappa shape index (κ3) is 2.49. The lowest BCUT2D eigenvalue weighted by Crippen LogP contribution is -2.41. The minimum Gasteiger partial charge on any atom is -0.377 e. The minimum atomic E-state index is 0.387. The van der Waals surface area contributed by atoms with Crippen molar-refractivity contribution in [1.82, 2.24) is 5.32 Å². The van der Waals surface area contributed by atoms with E-state index in [0.717, 1.165) is 19.1 Å². The van der Waals surface area contributed by atoms with E-state index in [0.29, 0.717) is 11.5 Å². The maximum absolute atomic E-state index is 6.08. The molecule has 3 rings (SSSR count). The first-order valence-electron chi connectivity index (χ1n) is 7.11. The molecule has 0 amide bonds. The van der Waals surface area contributed by atoms with Gasteiger partial charge in [-0.3, -0.25) is 0 Å². The standard InChI is InChI=1S/C15H23NOS/c1-16-11-15(6-4-12-5-9-18-10-12)7-8-17-14(15)13-2-3-13/h5,9-10,13-14,16H,2-4,6-8,11H2,1H3. The maximum Gasteiger partial charge on any atom is 0.0672 e. The number of thiophene rings is 1. The second-order valence-electron chi connectivity index (χ2n) is 5.90. The first-order chi connectivity index (χ1) is 8.84. The van der Waals surface area contributed by atoms with E-state index >= 15 is 0 Å². The van der Waals surface area contributed by atoms with Gasteiger partial charge in [0.15, 0.2) is 0 Å². The van der Waals surface area contributed by atoms with Crippen LogP contribution in [0.2, 0.25) is 0 Å². The van der Waals surface area contributed by atoms with Crippen LogP contribution in [0.5, 0.6) is 0 Å². The molecule has 1 aliphatic heterocycles. The van der Waals surface area contributed by atoms with Crippen LogP contribution in [0.15, 0.2) is 16.8 Å². The number of rotatable bonds is 6. The zero-order valence-electron chi connectivity index (χ0n) is 11.2. The fourth-order valence-electron chi connectivity index (χ4n) is 3.47. The molecule has 2 heterocycles. The van der Waals surface area contributed by atoms with Crippen molar-refractivity contribution >= 4 is 11.3 Å². The summed E-state index contributed by atoms with van der Waals surface area (Å²) in [6.07, 6.45) is 7.00. The molecule has 2 nitrogen and oxygen atoms in total. The third-order valence-corrected chi connectivity index (χ3v) is 5.30. The molecule has 1 aliphatic carbocycles. The van der Waals surface area contributed by atoms with E-state index in [4.69, 9.17) is 4.74 Å². The molecule has 0 radical (unpaired) electrons. The fourth-order valence-corrected chi connectivity index (χ4v) is 4.17. The lowest BCUT2D eigenvalue weighted by Gasteiger charge is -2.34. The number of nitrogens with one attached hydrogen (secondary N) is 1. The Bertz CT molecular complexity index is 374. The fraction of sp³-hybridized carbons (Fsp3) is 0.733. The number of hydrogen-bond acceptors (Lipinski definition) is 3. The Labute approximate surface area is 114 Å². The Hall–Kier alpha value is -0.380. The molecule has 2 atom stereocenters. The summed E-state index contributed by atoms with van der Waals surface area (Å²) < 4.78 is 6.08. The van der Waals surface area contributed by atoms with Crippen LogP contribution in [0, 0.1) is 11.3 Å². The predicted molar refractivity (Wildman–Crippen MR) is 76.1 cm³/mol. The van der Waals surface area contributed by atoms with Gasteiger partial charge in [-0.1, -0.05) is 0 Å². The maximum atomic E-state index is 6.08. The van der Waals surface area contributed by atoms with Gasteiger partial charge in [0.2, 0.25) is 0 Å². The first-order valence-corrected chi connectivity index (χ1v) is 8.06. The van der Waals surface area contributed by atoms with Gasteiger partial charge in [0.05, 0.1) is 6.10 Å². The Kier molecular flexibility index (Phi) is 3.73. The van der Waals surface area contributed by atoms with Crippen LogP contribution in [0.3, 0.4) is 0 Å². The molecule has 0 spiro atoms. The summed E-state index contributed by atoms with van der Waals surface area (Å²) in [6.45, 7) is 2.07. The topological polar surface area (TPSA) is 21.3 Å². The average molecular weight is 265 g/mol. The molecule has 1 N–H and O–H groups in total. The minimum absolute atomic E-state index is 0.387. The largest absolute Gasteiger partial charge is 0.377 e. The van der Waals surface area contributed by atoms with Gasteiger partial charge in [0, 0.05) is 18.6 Å². The van der Waals surface area contributed by atoms with E-state index in [1.165, 1.54) is 37.7 Å². The van der Waals surface area contributed by atoms with Gasteiger partial charge in [-0.2, -0.15) is 11.3 Å². The highest BCUT2D eigenvalue weighted by Crippen LogP contribution is 2.49. The predicted octanol–water partition coefficient (Wildman–Crippen LogP) is 3.09. The van der Waals surface area contributed by atoms with E-state index in [2.05, 4.69) is 29.2 Å². The normalized spacial score (nSPS) is 31.9. The van der Waals surface area contributed by atoms with E-state index in [9.17, 15) is 0 Å². The average Bonchev–Trinajstić information content (AvgIpc) is 2.92. The lowest BCUT2D eigenvalue weighted by molar-refractivity contribution is 0.0275. The highest BCUT2D eigenvalue weighted by Gasteiger charge is 2.50. The number of ether oxygens (including phenoxy) is 1. The molecule has 1 saturated carbocycles. The quantitative estimate of drug-likeness (QED) is 0.853. The highest BCUT2D eigenvalue weighted by atomic mass is 32.1. The van der Waals surface area contributed by atoms with Crippen molar-refractivity contribution in [3.8, 4) is 0 Å². The summed E-state index contributed by atoms with van der Waals surface area (Å²) in [6, 6.07) is 2.26. The molecule has 1 saturated heterocycles. The van der Waals surface area contributed by atoms with Gasteiger partial charge in [-0.05, 0) is 67.5 Å². The molecule has 1 aromatic heterocycles. The number of hydrogen-bond donors (Lipinski definition) is 1. The zero-order chi connectivity index (χ0) is 12.4. The van der Waals surface area contributed by atoms with Crippen LogP contribution in [0.1, 0.15) is 31.2 Å². The molecular weight excluding hydrogens is 242 g/mol. The van der Waals surface area contributed by atoms with Crippen molar-refractivity contribution in [3.05, 3.63) is 22.4 Å². The van der Waals surface area contributed by atoms with Gasteiger partial charge in [-0.25, -0.2) is 0 Å². The van der Waals surface area contributed by atoms with E-state index < -0.39 is 0 Å². The van der Waals surface area contributed by atoms with Gasteiger partial charge in [0.1, 0.15) is 0 Å². The SMILES string of the molecule is CNCC1(CCc2ccsc2)CCOC1C1CC1. The van der Waals surface area contributed by atoms with Crippen LogP contribution in [0.25, 0.3) is 0 Å². The van der Waals surface area contributed by atoms with Crippen molar-refractivity contribution < 1.29 is 4.74 Å². The molecular formula is C15H23NOS. The molecule has 3 heteroatoms. The molecule has 0 bridgehead atoms. The zero-order valence-corrected chi connectivity index (χ0v) is 12.0.